The zero-order valence-electron chi connectivity index (χ0n) is 14.1. The van der Waals surface area contributed by atoms with Crippen LogP contribution in [-0.2, 0) is 17.6 Å². The second-order valence-corrected chi connectivity index (χ2v) is 6.35. The van der Waals surface area contributed by atoms with E-state index in [-0.39, 0.29) is 12.3 Å². The third kappa shape index (κ3) is 4.46. The van der Waals surface area contributed by atoms with Crippen LogP contribution < -0.4 is 20.5 Å². The molecule has 1 aliphatic heterocycles. The zero-order chi connectivity index (χ0) is 18.5. The third-order valence-corrected chi connectivity index (χ3v) is 4.25. The number of carbonyl (C=O) groups excluding carboxylic acids is 2. The van der Waals surface area contributed by atoms with Crippen molar-refractivity contribution in [3.63, 3.8) is 0 Å². The number of hydrogen-bond donors (Lipinski definition) is 2. The number of carbonyl (C=O) groups is 2. The number of rotatable bonds is 6. The Morgan fingerprint density at radius 2 is 1.92 bits per heavy atom. The lowest BCUT2D eigenvalue weighted by Crippen LogP contribution is -2.27. The van der Waals surface area contributed by atoms with E-state index >= 15 is 0 Å². The van der Waals surface area contributed by atoms with Gasteiger partial charge in [0.25, 0.3) is 0 Å². The van der Waals surface area contributed by atoms with Crippen molar-refractivity contribution < 1.29 is 19.1 Å². The van der Waals surface area contributed by atoms with Gasteiger partial charge in [-0.25, -0.2) is 0 Å². The number of fused-ring (bicyclic) bond motifs is 1. The molecule has 0 saturated carbocycles. The second-order valence-electron chi connectivity index (χ2n) is 5.94. The molecule has 0 saturated heterocycles. The minimum absolute atomic E-state index is 0.121. The van der Waals surface area contributed by atoms with Crippen LogP contribution in [0.5, 0.6) is 11.5 Å². The number of nitrogens with one attached hydrogen (secondary N) is 1. The van der Waals surface area contributed by atoms with Crippen LogP contribution in [0.3, 0.4) is 0 Å². The van der Waals surface area contributed by atoms with Crippen LogP contribution >= 0.6 is 11.6 Å². The molecule has 1 aliphatic rings. The zero-order valence-corrected chi connectivity index (χ0v) is 14.8. The van der Waals surface area contributed by atoms with E-state index in [9.17, 15) is 9.59 Å². The van der Waals surface area contributed by atoms with Crippen molar-refractivity contribution in [3.8, 4) is 11.5 Å². The molecule has 2 aromatic rings. The number of primary amides is 1. The third-order valence-electron chi connectivity index (χ3n) is 3.97. The van der Waals surface area contributed by atoms with Crippen molar-refractivity contribution in [1.82, 2.24) is 5.32 Å². The average Bonchev–Trinajstić information content (AvgIpc) is 2.62. The molecule has 136 valence electrons. The average molecular weight is 375 g/mol. The monoisotopic (exact) mass is 374 g/mol. The molecular formula is C19H19ClN2O4. The van der Waals surface area contributed by atoms with Crippen molar-refractivity contribution in [1.29, 1.82) is 0 Å². The van der Waals surface area contributed by atoms with Gasteiger partial charge in [-0.2, -0.15) is 0 Å². The highest BCUT2D eigenvalue weighted by atomic mass is 35.5. The van der Waals surface area contributed by atoms with Gasteiger partial charge in [0.1, 0.15) is 13.2 Å². The maximum atomic E-state index is 12.2. The van der Waals surface area contributed by atoms with Crippen LogP contribution in [0.4, 0.5) is 0 Å². The highest BCUT2D eigenvalue weighted by Gasteiger charge is 2.17. The minimum Gasteiger partial charge on any atom is -0.486 e. The lowest BCUT2D eigenvalue weighted by Gasteiger charge is -2.20. The fourth-order valence-electron chi connectivity index (χ4n) is 2.74. The number of benzene rings is 2. The van der Waals surface area contributed by atoms with Crippen molar-refractivity contribution in [2.75, 3.05) is 19.8 Å². The Hall–Kier alpha value is -2.73. The lowest BCUT2D eigenvalue weighted by atomic mass is 10.1. The van der Waals surface area contributed by atoms with Crippen LogP contribution in [0.15, 0.2) is 36.4 Å². The van der Waals surface area contributed by atoms with E-state index in [4.69, 9.17) is 26.8 Å². The van der Waals surface area contributed by atoms with Crippen LogP contribution in [-0.4, -0.2) is 31.6 Å². The number of hydrogen-bond acceptors (Lipinski definition) is 4. The Balaban J connectivity index is 1.54. The molecule has 26 heavy (non-hydrogen) atoms. The highest BCUT2D eigenvalue weighted by molar-refractivity contribution is 6.32. The van der Waals surface area contributed by atoms with Crippen LogP contribution in [0, 0.1) is 0 Å². The van der Waals surface area contributed by atoms with E-state index in [0.717, 1.165) is 11.1 Å². The van der Waals surface area contributed by atoms with Gasteiger partial charge in [-0.1, -0.05) is 23.7 Å². The summed E-state index contributed by atoms with van der Waals surface area (Å²) in [5.74, 6) is 0.501. The SMILES string of the molecule is NC(=O)c1cccc(CCNC(=O)Cc2cc(Cl)c3c(c2)OCCO3)c1. The summed E-state index contributed by atoms with van der Waals surface area (Å²) in [6.45, 7) is 1.38. The Morgan fingerprint density at radius 1 is 1.12 bits per heavy atom. The molecule has 7 heteroatoms. The Bertz CT molecular complexity index is 838. The molecule has 1 heterocycles. The van der Waals surface area contributed by atoms with E-state index in [1.807, 2.05) is 6.07 Å². The van der Waals surface area contributed by atoms with E-state index in [1.165, 1.54) is 0 Å². The fraction of sp³-hybridized carbons (Fsp3) is 0.263. The van der Waals surface area contributed by atoms with Gasteiger partial charge in [0.15, 0.2) is 11.5 Å². The molecular weight excluding hydrogens is 356 g/mol. The summed E-state index contributed by atoms with van der Waals surface area (Å²) in [6, 6.07) is 10.5. The first kappa shape index (κ1) is 18.1. The van der Waals surface area contributed by atoms with E-state index in [2.05, 4.69) is 5.32 Å². The molecule has 3 rings (SSSR count). The molecule has 0 radical (unpaired) electrons. The summed E-state index contributed by atoms with van der Waals surface area (Å²) < 4.78 is 11.0. The minimum atomic E-state index is -0.466. The number of ether oxygens (including phenoxy) is 2. The summed E-state index contributed by atoms with van der Waals surface area (Å²) in [5, 5.41) is 3.30. The largest absolute Gasteiger partial charge is 0.486 e. The Kier molecular flexibility index (Phi) is 5.63. The van der Waals surface area contributed by atoms with E-state index < -0.39 is 5.91 Å². The first-order valence-electron chi connectivity index (χ1n) is 8.26. The summed E-state index contributed by atoms with van der Waals surface area (Å²) in [7, 11) is 0. The molecule has 0 bridgehead atoms. The lowest BCUT2D eigenvalue weighted by molar-refractivity contribution is -0.120. The normalized spacial score (nSPS) is 12.5. The number of nitrogens with two attached hydrogens (primary N) is 1. The fourth-order valence-corrected chi connectivity index (χ4v) is 3.03. The van der Waals surface area contributed by atoms with Crippen molar-refractivity contribution in [3.05, 3.63) is 58.1 Å². The maximum Gasteiger partial charge on any atom is 0.248 e. The molecule has 0 atom stereocenters. The maximum absolute atomic E-state index is 12.2. The quantitative estimate of drug-likeness (QED) is 0.810. The standard InChI is InChI=1S/C19H19ClN2O4/c20-15-9-13(10-16-18(15)26-7-6-25-16)11-17(23)22-5-4-12-2-1-3-14(8-12)19(21)24/h1-3,8-10H,4-7,11H2,(H2,21,24)(H,22,23). The number of amides is 2. The van der Waals surface area contributed by atoms with Gasteiger partial charge in [0, 0.05) is 12.1 Å². The van der Waals surface area contributed by atoms with Crippen molar-refractivity contribution >= 4 is 23.4 Å². The molecule has 0 aromatic heterocycles. The van der Waals surface area contributed by atoms with Gasteiger partial charge < -0.3 is 20.5 Å². The van der Waals surface area contributed by atoms with Gasteiger partial charge in [0.05, 0.1) is 11.4 Å². The molecule has 0 aliphatic carbocycles. The van der Waals surface area contributed by atoms with Crippen LogP contribution in [0.1, 0.15) is 21.5 Å². The van der Waals surface area contributed by atoms with Gasteiger partial charge in [-0.3, -0.25) is 9.59 Å². The topological polar surface area (TPSA) is 90.7 Å². The molecule has 0 unspecified atom stereocenters. The molecule has 0 spiro atoms. The van der Waals surface area contributed by atoms with Crippen LogP contribution in [0.25, 0.3) is 0 Å². The second kappa shape index (κ2) is 8.10. The first-order chi connectivity index (χ1) is 12.5. The molecule has 2 aromatic carbocycles. The highest BCUT2D eigenvalue weighted by Crippen LogP contribution is 2.38. The summed E-state index contributed by atoms with van der Waals surface area (Å²) in [5.41, 5.74) is 7.42. The summed E-state index contributed by atoms with van der Waals surface area (Å²) >= 11 is 6.18. The van der Waals surface area contributed by atoms with E-state index in [1.54, 1.807) is 30.3 Å². The van der Waals surface area contributed by atoms with Gasteiger partial charge >= 0.3 is 0 Å². The smallest absolute Gasteiger partial charge is 0.248 e. The van der Waals surface area contributed by atoms with Crippen LogP contribution in [0.2, 0.25) is 5.02 Å². The van der Waals surface area contributed by atoms with Crippen molar-refractivity contribution in [2.45, 2.75) is 12.8 Å². The molecule has 3 N–H and O–H groups in total. The molecule has 2 amide bonds. The predicted molar refractivity (Wildman–Crippen MR) is 97.8 cm³/mol. The summed E-state index contributed by atoms with van der Waals surface area (Å²) in [6.07, 6.45) is 0.798. The van der Waals surface area contributed by atoms with Gasteiger partial charge in [-0.05, 0) is 41.8 Å². The predicted octanol–water partition coefficient (Wildman–Crippen LogP) is 2.11. The van der Waals surface area contributed by atoms with Gasteiger partial charge in [0.2, 0.25) is 11.8 Å². The van der Waals surface area contributed by atoms with E-state index in [0.29, 0.717) is 48.3 Å². The van der Waals surface area contributed by atoms with Crippen molar-refractivity contribution in [2.24, 2.45) is 5.73 Å². The number of halogens is 1. The first-order valence-corrected chi connectivity index (χ1v) is 8.64. The Morgan fingerprint density at radius 3 is 2.73 bits per heavy atom. The van der Waals surface area contributed by atoms with Gasteiger partial charge in [-0.15, -0.1) is 0 Å². The molecule has 6 nitrogen and oxygen atoms in total. The Labute approximate surface area is 156 Å². The summed E-state index contributed by atoms with van der Waals surface area (Å²) in [4.78, 5) is 23.3. The molecule has 0 fully saturated rings.